The van der Waals surface area contributed by atoms with Crippen molar-refractivity contribution in [1.82, 2.24) is 4.90 Å². The first-order chi connectivity index (χ1) is 5.70. The molecule has 12 heavy (non-hydrogen) atoms. The van der Waals surface area contributed by atoms with Crippen molar-refractivity contribution < 1.29 is 9.90 Å². The minimum atomic E-state index is -0.632. The SMILES string of the molecule is CN1CC2CCCC2C1C(=O)O. The van der Waals surface area contributed by atoms with Crippen molar-refractivity contribution in [2.45, 2.75) is 25.3 Å². The van der Waals surface area contributed by atoms with Crippen LogP contribution >= 0.6 is 0 Å². The predicted octanol–water partition coefficient (Wildman–Crippen LogP) is 0.801. The number of carboxylic acids is 1. The first-order valence-corrected chi connectivity index (χ1v) is 4.63. The van der Waals surface area contributed by atoms with E-state index in [0.717, 1.165) is 13.0 Å². The number of rotatable bonds is 1. The minimum absolute atomic E-state index is 0.197. The van der Waals surface area contributed by atoms with Crippen LogP contribution in [-0.2, 0) is 4.79 Å². The fraction of sp³-hybridized carbons (Fsp3) is 0.889. The number of hydrogen-bond donors (Lipinski definition) is 1. The van der Waals surface area contributed by atoms with Crippen molar-refractivity contribution in [3.63, 3.8) is 0 Å². The van der Waals surface area contributed by atoms with Crippen LogP contribution in [0.15, 0.2) is 0 Å². The largest absolute Gasteiger partial charge is 0.480 e. The van der Waals surface area contributed by atoms with E-state index in [-0.39, 0.29) is 6.04 Å². The smallest absolute Gasteiger partial charge is 0.321 e. The maximum atomic E-state index is 10.9. The van der Waals surface area contributed by atoms with Gasteiger partial charge in [0.25, 0.3) is 0 Å². The summed E-state index contributed by atoms with van der Waals surface area (Å²) in [5.41, 5.74) is 0. The van der Waals surface area contributed by atoms with Crippen LogP contribution in [0.25, 0.3) is 0 Å². The van der Waals surface area contributed by atoms with E-state index in [1.54, 1.807) is 0 Å². The van der Waals surface area contributed by atoms with Crippen LogP contribution in [0.4, 0.5) is 0 Å². The summed E-state index contributed by atoms with van der Waals surface area (Å²) in [5, 5.41) is 8.99. The first-order valence-electron chi connectivity index (χ1n) is 4.63. The quantitative estimate of drug-likeness (QED) is 0.631. The Bertz CT molecular complexity index is 205. The van der Waals surface area contributed by atoms with Gasteiger partial charge in [-0.2, -0.15) is 0 Å². The van der Waals surface area contributed by atoms with E-state index >= 15 is 0 Å². The van der Waals surface area contributed by atoms with Crippen molar-refractivity contribution in [2.24, 2.45) is 11.8 Å². The summed E-state index contributed by atoms with van der Waals surface area (Å²) in [4.78, 5) is 12.9. The van der Waals surface area contributed by atoms with Crippen molar-refractivity contribution in [3.05, 3.63) is 0 Å². The van der Waals surface area contributed by atoms with Gasteiger partial charge in [0.05, 0.1) is 0 Å². The third-order valence-electron chi connectivity index (χ3n) is 3.37. The van der Waals surface area contributed by atoms with Gasteiger partial charge in [-0.1, -0.05) is 6.42 Å². The van der Waals surface area contributed by atoms with Crippen LogP contribution in [0.1, 0.15) is 19.3 Å². The lowest BCUT2D eigenvalue weighted by Gasteiger charge is -2.18. The maximum Gasteiger partial charge on any atom is 0.321 e. The predicted molar refractivity (Wildman–Crippen MR) is 44.9 cm³/mol. The van der Waals surface area contributed by atoms with E-state index in [2.05, 4.69) is 0 Å². The molecule has 68 valence electrons. The number of carboxylic acid groups (broad SMARTS) is 1. The monoisotopic (exact) mass is 169 g/mol. The minimum Gasteiger partial charge on any atom is -0.480 e. The van der Waals surface area contributed by atoms with Gasteiger partial charge in [0, 0.05) is 6.54 Å². The third kappa shape index (κ3) is 1.04. The molecule has 1 aliphatic carbocycles. The summed E-state index contributed by atoms with van der Waals surface area (Å²) in [6.07, 6.45) is 3.58. The Hall–Kier alpha value is -0.570. The number of carbonyl (C=O) groups is 1. The van der Waals surface area contributed by atoms with Crippen molar-refractivity contribution in [3.8, 4) is 0 Å². The molecule has 1 aliphatic heterocycles. The molecule has 3 heteroatoms. The molecule has 2 fully saturated rings. The van der Waals surface area contributed by atoms with E-state index in [1.165, 1.54) is 12.8 Å². The zero-order valence-corrected chi connectivity index (χ0v) is 7.36. The standard InChI is InChI=1S/C9H15NO2/c1-10-5-6-3-2-4-7(6)8(10)9(11)12/h6-8H,2-5H2,1H3,(H,11,12). The molecule has 1 heterocycles. The third-order valence-corrected chi connectivity index (χ3v) is 3.37. The fourth-order valence-electron chi connectivity index (χ4n) is 2.89. The second kappa shape index (κ2) is 2.73. The Morgan fingerprint density at radius 3 is 2.92 bits per heavy atom. The van der Waals surface area contributed by atoms with Crippen molar-refractivity contribution in [1.29, 1.82) is 0 Å². The number of nitrogens with zero attached hydrogens (tertiary/aromatic N) is 1. The van der Waals surface area contributed by atoms with Crippen LogP contribution in [-0.4, -0.2) is 35.6 Å². The van der Waals surface area contributed by atoms with Crippen molar-refractivity contribution >= 4 is 5.97 Å². The highest BCUT2D eigenvalue weighted by Crippen LogP contribution is 2.41. The van der Waals surface area contributed by atoms with Crippen LogP contribution in [0.5, 0.6) is 0 Å². The molecular weight excluding hydrogens is 154 g/mol. The summed E-state index contributed by atoms with van der Waals surface area (Å²) >= 11 is 0. The Kier molecular flexibility index (Phi) is 1.83. The molecule has 3 unspecified atom stereocenters. The molecule has 0 amide bonds. The van der Waals surface area contributed by atoms with Gasteiger partial charge in [0.15, 0.2) is 0 Å². The van der Waals surface area contributed by atoms with Crippen LogP contribution < -0.4 is 0 Å². The van der Waals surface area contributed by atoms with E-state index in [9.17, 15) is 4.79 Å². The van der Waals surface area contributed by atoms with E-state index in [1.807, 2.05) is 11.9 Å². The molecule has 0 bridgehead atoms. The molecule has 1 N–H and O–H groups in total. The second-order valence-corrected chi connectivity index (χ2v) is 4.08. The van der Waals surface area contributed by atoms with E-state index in [4.69, 9.17) is 5.11 Å². The average Bonchev–Trinajstić information content (AvgIpc) is 2.44. The molecule has 0 aromatic carbocycles. The number of aliphatic carboxylic acids is 1. The fourth-order valence-corrected chi connectivity index (χ4v) is 2.89. The van der Waals surface area contributed by atoms with Gasteiger partial charge < -0.3 is 5.11 Å². The molecule has 3 nitrogen and oxygen atoms in total. The van der Waals surface area contributed by atoms with Gasteiger partial charge in [-0.05, 0) is 31.7 Å². The van der Waals surface area contributed by atoms with Crippen LogP contribution in [0, 0.1) is 11.8 Å². The lowest BCUT2D eigenvalue weighted by Crippen LogP contribution is -2.36. The lowest BCUT2D eigenvalue weighted by atomic mass is 9.94. The molecule has 3 atom stereocenters. The first kappa shape index (κ1) is 8.05. The average molecular weight is 169 g/mol. The summed E-state index contributed by atoms with van der Waals surface area (Å²) < 4.78 is 0. The number of likely N-dealkylation sites (tertiary alicyclic amines) is 1. The summed E-state index contributed by atoms with van der Waals surface area (Å²) in [6.45, 7) is 0.988. The van der Waals surface area contributed by atoms with E-state index in [0.29, 0.717) is 11.8 Å². The van der Waals surface area contributed by atoms with Crippen LogP contribution in [0.2, 0.25) is 0 Å². The lowest BCUT2D eigenvalue weighted by molar-refractivity contribution is -0.143. The Balaban J connectivity index is 2.15. The zero-order valence-electron chi connectivity index (χ0n) is 7.36. The van der Waals surface area contributed by atoms with Gasteiger partial charge in [-0.25, -0.2) is 0 Å². The molecule has 0 spiro atoms. The Morgan fingerprint density at radius 1 is 1.50 bits per heavy atom. The van der Waals surface area contributed by atoms with Gasteiger partial charge >= 0.3 is 5.97 Å². The van der Waals surface area contributed by atoms with Crippen LogP contribution in [0.3, 0.4) is 0 Å². The normalized spacial score (nSPS) is 41.6. The molecule has 0 aromatic rings. The number of likely N-dealkylation sites (N-methyl/N-ethyl adjacent to an activating group) is 1. The van der Waals surface area contributed by atoms with Gasteiger partial charge in [0.1, 0.15) is 6.04 Å². The molecule has 1 saturated carbocycles. The number of hydrogen-bond acceptors (Lipinski definition) is 2. The Labute approximate surface area is 72.4 Å². The van der Waals surface area contributed by atoms with Crippen molar-refractivity contribution in [2.75, 3.05) is 13.6 Å². The molecule has 2 rings (SSSR count). The van der Waals surface area contributed by atoms with Gasteiger partial charge in [-0.3, -0.25) is 9.69 Å². The Morgan fingerprint density at radius 2 is 2.25 bits per heavy atom. The highest BCUT2D eigenvalue weighted by Gasteiger charge is 2.45. The maximum absolute atomic E-state index is 10.9. The topological polar surface area (TPSA) is 40.5 Å². The van der Waals surface area contributed by atoms with E-state index < -0.39 is 5.97 Å². The summed E-state index contributed by atoms with van der Waals surface area (Å²) in [7, 11) is 1.93. The number of fused-ring (bicyclic) bond motifs is 1. The summed E-state index contributed by atoms with van der Waals surface area (Å²) in [5.74, 6) is 0.468. The van der Waals surface area contributed by atoms with Gasteiger partial charge in [-0.15, -0.1) is 0 Å². The second-order valence-electron chi connectivity index (χ2n) is 4.08. The molecule has 0 aromatic heterocycles. The molecular formula is C9H15NO2. The highest BCUT2D eigenvalue weighted by molar-refractivity contribution is 5.74. The molecule has 1 saturated heterocycles. The molecule has 2 aliphatic rings. The highest BCUT2D eigenvalue weighted by atomic mass is 16.4. The zero-order chi connectivity index (χ0) is 8.72. The molecule has 0 radical (unpaired) electrons. The summed E-state index contributed by atoms with van der Waals surface area (Å²) in [6, 6.07) is -0.197. The van der Waals surface area contributed by atoms with Gasteiger partial charge in [0.2, 0.25) is 0 Å².